The van der Waals surface area contributed by atoms with Gasteiger partial charge in [0, 0.05) is 12.5 Å². The number of sulfone groups is 1. The first kappa shape index (κ1) is 32.0. The Bertz CT molecular complexity index is 1630. The van der Waals surface area contributed by atoms with E-state index in [0.717, 1.165) is 16.3 Å². The summed E-state index contributed by atoms with van der Waals surface area (Å²) in [5.41, 5.74) is 0.717. The van der Waals surface area contributed by atoms with E-state index in [9.17, 15) is 27.9 Å². The van der Waals surface area contributed by atoms with Gasteiger partial charge in [-0.15, -0.1) is 0 Å². The number of nitrogens with one attached hydrogen (secondary N) is 2. The maximum atomic E-state index is 14.5. The van der Waals surface area contributed by atoms with Crippen molar-refractivity contribution in [3.05, 3.63) is 77.4 Å². The molecule has 3 aromatic rings. The third-order valence-corrected chi connectivity index (χ3v) is 9.69. The van der Waals surface area contributed by atoms with Crippen LogP contribution in [-0.4, -0.2) is 61.6 Å². The van der Waals surface area contributed by atoms with Crippen LogP contribution in [0.1, 0.15) is 50.4 Å². The molecule has 1 aliphatic rings. The third kappa shape index (κ3) is 7.34. The van der Waals surface area contributed by atoms with Crippen molar-refractivity contribution in [3.8, 4) is 0 Å². The van der Waals surface area contributed by atoms with Crippen LogP contribution in [0.2, 0.25) is 0 Å². The van der Waals surface area contributed by atoms with Crippen molar-refractivity contribution in [2.45, 2.75) is 68.9 Å². The Morgan fingerprint density at radius 1 is 1.05 bits per heavy atom. The average Bonchev–Trinajstić information content (AvgIpc) is 3.37. The molecule has 0 aromatic heterocycles. The van der Waals surface area contributed by atoms with Crippen molar-refractivity contribution in [1.82, 2.24) is 10.6 Å². The lowest BCUT2D eigenvalue weighted by molar-refractivity contribution is -0.142. The van der Waals surface area contributed by atoms with Crippen LogP contribution in [0, 0.1) is 12.8 Å². The molecule has 3 N–H and O–H groups in total. The fourth-order valence-corrected chi connectivity index (χ4v) is 7.93. The summed E-state index contributed by atoms with van der Waals surface area (Å²) >= 11 is 0. The second kappa shape index (κ2) is 12.7. The van der Waals surface area contributed by atoms with Gasteiger partial charge >= 0.3 is 18.0 Å². The maximum Gasteiger partial charge on any atom is 0.408 e. The Morgan fingerprint density at radius 2 is 1.74 bits per heavy atom. The van der Waals surface area contributed by atoms with Crippen LogP contribution >= 0.6 is 0 Å². The zero-order valence-corrected chi connectivity index (χ0v) is 25.7. The Hall–Kier alpha value is -3.96. The SMILES string of the molecule is CCOC(=O)Cc1cc(C)ccc1S(=O)(=O)[C@@H]1[C@@H]([C@@H](NC(=O)OC(C)(C)C)c2ccc3ccccc3c2)CN[C@H]1C(=O)O. The van der Waals surface area contributed by atoms with Crippen molar-refractivity contribution in [3.63, 3.8) is 0 Å². The van der Waals surface area contributed by atoms with E-state index in [1.54, 1.807) is 52.8 Å². The number of aliphatic carboxylic acids is 1. The second-order valence-corrected chi connectivity index (χ2v) is 13.8. The van der Waals surface area contributed by atoms with Crippen molar-refractivity contribution in [2.24, 2.45) is 5.92 Å². The molecule has 1 fully saturated rings. The van der Waals surface area contributed by atoms with E-state index < -0.39 is 56.7 Å². The predicted octanol–water partition coefficient (Wildman–Crippen LogP) is 4.33. The quantitative estimate of drug-likeness (QED) is 0.301. The number of hydrogen-bond donors (Lipinski definition) is 3. The van der Waals surface area contributed by atoms with Crippen molar-refractivity contribution >= 4 is 38.6 Å². The lowest BCUT2D eigenvalue weighted by atomic mass is 9.89. The summed E-state index contributed by atoms with van der Waals surface area (Å²) in [4.78, 5) is 37.8. The molecule has 1 aliphatic heterocycles. The molecule has 10 nitrogen and oxygen atoms in total. The van der Waals surface area contributed by atoms with Gasteiger partial charge in [0.2, 0.25) is 0 Å². The zero-order chi connectivity index (χ0) is 31.5. The molecule has 1 heterocycles. The highest BCUT2D eigenvalue weighted by atomic mass is 32.2. The molecule has 1 saturated heterocycles. The Labute approximate surface area is 251 Å². The number of alkyl carbamates (subject to hydrolysis) is 1. The first-order valence-corrected chi connectivity index (χ1v) is 15.7. The van der Waals surface area contributed by atoms with Crippen LogP contribution in [0.25, 0.3) is 10.8 Å². The number of esters is 1. The summed E-state index contributed by atoms with van der Waals surface area (Å²) in [7, 11) is -4.40. The van der Waals surface area contributed by atoms with Gasteiger partial charge in [-0.2, -0.15) is 0 Å². The number of ether oxygens (including phenoxy) is 2. The van der Waals surface area contributed by atoms with Crippen LogP contribution in [-0.2, 0) is 35.3 Å². The number of carboxylic acid groups (broad SMARTS) is 1. The molecule has 0 aliphatic carbocycles. The van der Waals surface area contributed by atoms with Crippen molar-refractivity contribution < 1.29 is 37.4 Å². The molecule has 4 rings (SSSR count). The lowest BCUT2D eigenvalue weighted by Crippen LogP contribution is -2.47. The standard InChI is InChI=1S/C32H38N2O8S/c1-6-41-26(35)17-23-15-19(2)11-14-25(23)43(39,40)29-24(18-33-28(29)30(36)37)27(34-31(38)42-32(3,4)5)22-13-12-20-9-7-8-10-21(20)16-22/h7-16,24,27-29,33H,6,17-18H2,1-5H3,(H,34,38)(H,36,37)/t24-,27+,28-,29-/m1/s1. The van der Waals surface area contributed by atoms with Crippen LogP contribution in [0.3, 0.4) is 0 Å². The van der Waals surface area contributed by atoms with Gasteiger partial charge in [-0.05, 0) is 68.7 Å². The first-order valence-electron chi connectivity index (χ1n) is 14.1. The molecule has 0 spiro atoms. The van der Waals surface area contributed by atoms with Gasteiger partial charge in [0.15, 0.2) is 9.84 Å². The monoisotopic (exact) mass is 610 g/mol. The van der Waals surface area contributed by atoms with E-state index in [4.69, 9.17) is 9.47 Å². The number of aryl methyl sites for hydroxylation is 1. The molecule has 3 aromatic carbocycles. The molecule has 0 bridgehead atoms. The third-order valence-electron chi connectivity index (χ3n) is 7.34. The van der Waals surface area contributed by atoms with Gasteiger partial charge in [-0.25, -0.2) is 13.2 Å². The molecule has 4 atom stereocenters. The Balaban J connectivity index is 1.85. The zero-order valence-electron chi connectivity index (χ0n) is 24.9. The molecular formula is C32H38N2O8S. The summed E-state index contributed by atoms with van der Waals surface area (Å²) in [6, 6.07) is 15.3. The maximum absolute atomic E-state index is 14.5. The molecule has 43 heavy (non-hydrogen) atoms. The van der Waals surface area contributed by atoms with E-state index in [2.05, 4.69) is 10.6 Å². The van der Waals surface area contributed by atoms with Gasteiger partial charge in [0.25, 0.3) is 0 Å². The fourth-order valence-electron chi connectivity index (χ4n) is 5.60. The van der Waals surface area contributed by atoms with Crippen LogP contribution in [0.4, 0.5) is 4.79 Å². The molecular weight excluding hydrogens is 572 g/mol. The van der Waals surface area contributed by atoms with E-state index in [0.29, 0.717) is 5.56 Å². The number of benzene rings is 3. The second-order valence-electron chi connectivity index (χ2n) is 11.7. The molecule has 230 valence electrons. The average molecular weight is 611 g/mol. The first-order chi connectivity index (χ1) is 20.2. The molecule has 0 radical (unpaired) electrons. The predicted molar refractivity (Wildman–Crippen MR) is 161 cm³/mol. The van der Waals surface area contributed by atoms with Crippen LogP contribution in [0.5, 0.6) is 0 Å². The molecule has 0 unspecified atom stereocenters. The van der Waals surface area contributed by atoms with Gasteiger partial charge in [0.1, 0.15) is 11.6 Å². The van der Waals surface area contributed by atoms with E-state index in [1.165, 1.54) is 6.07 Å². The van der Waals surface area contributed by atoms with Gasteiger partial charge < -0.3 is 25.2 Å². The minimum Gasteiger partial charge on any atom is -0.480 e. The van der Waals surface area contributed by atoms with Crippen LogP contribution in [0.15, 0.2) is 65.6 Å². The fraction of sp³-hybridized carbons (Fsp3) is 0.406. The smallest absolute Gasteiger partial charge is 0.408 e. The van der Waals surface area contributed by atoms with Crippen molar-refractivity contribution in [1.29, 1.82) is 0 Å². The van der Waals surface area contributed by atoms with Crippen molar-refractivity contribution in [2.75, 3.05) is 13.2 Å². The number of amides is 1. The van der Waals surface area contributed by atoms with Crippen LogP contribution < -0.4 is 10.6 Å². The molecule has 0 saturated carbocycles. The summed E-state index contributed by atoms with van der Waals surface area (Å²) in [6.45, 7) is 8.68. The summed E-state index contributed by atoms with van der Waals surface area (Å²) in [6.07, 6.45) is -1.06. The molecule has 11 heteroatoms. The summed E-state index contributed by atoms with van der Waals surface area (Å²) in [5, 5.41) is 16.2. The summed E-state index contributed by atoms with van der Waals surface area (Å²) < 4.78 is 39.6. The van der Waals surface area contributed by atoms with Gasteiger partial charge in [-0.3, -0.25) is 9.59 Å². The number of hydrogen-bond acceptors (Lipinski definition) is 8. The largest absolute Gasteiger partial charge is 0.480 e. The number of rotatable bonds is 9. The Morgan fingerprint density at radius 3 is 2.40 bits per heavy atom. The highest BCUT2D eigenvalue weighted by molar-refractivity contribution is 7.92. The lowest BCUT2D eigenvalue weighted by Gasteiger charge is -2.31. The molecule has 1 amide bonds. The number of carboxylic acids is 1. The Kier molecular flexibility index (Phi) is 9.46. The number of carbonyl (C=O) groups is 3. The number of fused-ring (bicyclic) bond motifs is 1. The highest BCUT2D eigenvalue weighted by Crippen LogP contribution is 2.38. The van der Waals surface area contributed by atoms with E-state index in [-0.39, 0.29) is 30.0 Å². The minimum absolute atomic E-state index is 0.0206. The van der Waals surface area contributed by atoms with Gasteiger partial charge in [0.05, 0.1) is 29.2 Å². The minimum atomic E-state index is -4.40. The topological polar surface area (TPSA) is 148 Å². The highest BCUT2D eigenvalue weighted by Gasteiger charge is 2.52. The normalized spacial score (nSPS) is 19.5. The van der Waals surface area contributed by atoms with E-state index in [1.807, 2.05) is 36.4 Å². The summed E-state index contributed by atoms with van der Waals surface area (Å²) in [5.74, 6) is -2.86. The number of carbonyl (C=O) groups excluding carboxylic acids is 2. The van der Waals surface area contributed by atoms with E-state index >= 15 is 0 Å². The van der Waals surface area contributed by atoms with Gasteiger partial charge in [-0.1, -0.05) is 54.1 Å².